The minimum Gasteiger partial charge on any atom is -0.462 e. The summed E-state index contributed by atoms with van der Waals surface area (Å²) in [7, 11) is 1.64. The van der Waals surface area contributed by atoms with Crippen molar-refractivity contribution < 1.29 is 23.5 Å². The van der Waals surface area contributed by atoms with Gasteiger partial charge in [-0.1, -0.05) is 0 Å². The molecule has 2 amide bonds. The number of likely N-dealkylation sites (N-methyl/N-ethyl adjacent to an activating group) is 1. The van der Waals surface area contributed by atoms with Gasteiger partial charge in [0.25, 0.3) is 5.91 Å². The van der Waals surface area contributed by atoms with Gasteiger partial charge < -0.3 is 19.9 Å². The predicted molar refractivity (Wildman–Crippen MR) is 151 cm³/mol. The van der Waals surface area contributed by atoms with E-state index in [2.05, 4.69) is 15.1 Å². The normalized spacial score (nSPS) is 18.0. The predicted octanol–water partition coefficient (Wildman–Crippen LogP) is 2.97. The molecule has 2 heterocycles. The topological polar surface area (TPSA) is 85.4 Å². The third kappa shape index (κ3) is 7.10. The molecule has 39 heavy (non-hydrogen) atoms. The quantitative estimate of drug-likeness (QED) is 0.354. The summed E-state index contributed by atoms with van der Waals surface area (Å²) >= 11 is 5.52. The Kier molecular flexibility index (Phi) is 9.47. The van der Waals surface area contributed by atoms with Crippen molar-refractivity contribution in [3.05, 3.63) is 59.9 Å². The van der Waals surface area contributed by atoms with Gasteiger partial charge in [-0.25, -0.2) is 9.18 Å². The first-order chi connectivity index (χ1) is 18.8. The van der Waals surface area contributed by atoms with Crippen LogP contribution >= 0.6 is 12.2 Å². The number of carbonyl (C=O) groups is 3. The van der Waals surface area contributed by atoms with E-state index >= 15 is 0 Å². The van der Waals surface area contributed by atoms with Crippen LogP contribution in [0.3, 0.4) is 0 Å². The lowest BCUT2D eigenvalue weighted by Crippen LogP contribution is -2.47. The van der Waals surface area contributed by atoms with Crippen LogP contribution in [0.2, 0.25) is 0 Å². The fourth-order valence-corrected chi connectivity index (χ4v) is 5.17. The van der Waals surface area contributed by atoms with E-state index < -0.39 is 12.0 Å². The monoisotopic (exact) mass is 555 g/mol. The van der Waals surface area contributed by atoms with Crippen molar-refractivity contribution in [2.75, 3.05) is 63.1 Å². The molecule has 2 fully saturated rings. The van der Waals surface area contributed by atoms with Crippen molar-refractivity contribution in [3.63, 3.8) is 0 Å². The number of ether oxygens (including phenoxy) is 1. The molecule has 0 spiro atoms. The lowest BCUT2D eigenvalue weighted by molar-refractivity contribution is -0.130. The van der Waals surface area contributed by atoms with Crippen molar-refractivity contribution in [1.29, 1.82) is 0 Å². The second-order valence-corrected chi connectivity index (χ2v) is 9.96. The number of benzene rings is 2. The summed E-state index contributed by atoms with van der Waals surface area (Å²) in [6.45, 7) is 6.94. The van der Waals surface area contributed by atoms with Gasteiger partial charge in [-0.15, -0.1) is 0 Å². The molecule has 208 valence electrons. The third-order valence-electron chi connectivity index (χ3n) is 7.02. The second-order valence-electron chi connectivity index (χ2n) is 9.60. The molecule has 1 atom stereocenters. The summed E-state index contributed by atoms with van der Waals surface area (Å²) in [6, 6.07) is 12.4. The maximum atomic E-state index is 13.2. The van der Waals surface area contributed by atoms with Crippen LogP contribution in [0.1, 0.15) is 30.1 Å². The zero-order chi connectivity index (χ0) is 27.9. The number of halogens is 1. The van der Waals surface area contributed by atoms with E-state index in [0.717, 1.165) is 44.8 Å². The highest BCUT2D eigenvalue weighted by Crippen LogP contribution is 2.22. The molecule has 2 aromatic rings. The van der Waals surface area contributed by atoms with Crippen molar-refractivity contribution in [3.8, 4) is 0 Å². The summed E-state index contributed by atoms with van der Waals surface area (Å²) in [5, 5.41) is 3.23. The molecule has 0 saturated carbocycles. The van der Waals surface area contributed by atoms with Crippen LogP contribution < -0.4 is 10.2 Å². The summed E-state index contributed by atoms with van der Waals surface area (Å²) in [4.78, 5) is 45.4. The van der Waals surface area contributed by atoms with Crippen LogP contribution in [-0.2, 0) is 14.3 Å². The van der Waals surface area contributed by atoms with Crippen LogP contribution in [0.4, 0.5) is 15.8 Å². The lowest BCUT2D eigenvalue weighted by Gasteiger charge is -2.36. The number of rotatable bonds is 10. The zero-order valence-electron chi connectivity index (χ0n) is 22.3. The number of hydrogen-bond donors (Lipinski definition) is 1. The Labute approximate surface area is 233 Å². The first-order valence-corrected chi connectivity index (χ1v) is 13.6. The van der Waals surface area contributed by atoms with Crippen LogP contribution in [0.25, 0.3) is 0 Å². The number of anilines is 2. The summed E-state index contributed by atoms with van der Waals surface area (Å²) in [6.07, 6.45) is 0.768. The molecule has 0 aliphatic carbocycles. The molecule has 2 saturated heterocycles. The van der Waals surface area contributed by atoms with Gasteiger partial charge in [0.2, 0.25) is 5.91 Å². The number of thiocarbonyl (C=S) groups is 1. The van der Waals surface area contributed by atoms with E-state index in [0.29, 0.717) is 22.9 Å². The molecule has 2 aromatic carbocycles. The molecule has 9 nitrogen and oxygen atoms in total. The minimum atomic E-state index is -0.656. The Morgan fingerprint density at radius 2 is 1.69 bits per heavy atom. The molecule has 2 aliphatic heterocycles. The van der Waals surface area contributed by atoms with Gasteiger partial charge in [0.15, 0.2) is 5.11 Å². The zero-order valence-corrected chi connectivity index (χ0v) is 23.1. The highest BCUT2D eigenvalue weighted by molar-refractivity contribution is 7.80. The van der Waals surface area contributed by atoms with Crippen LogP contribution in [0, 0.1) is 5.82 Å². The van der Waals surface area contributed by atoms with Gasteiger partial charge in [0.05, 0.1) is 18.6 Å². The van der Waals surface area contributed by atoms with Crippen molar-refractivity contribution >= 4 is 46.5 Å². The van der Waals surface area contributed by atoms with Gasteiger partial charge in [-0.2, -0.15) is 0 Å². The molecule has 0 bridgehead atoms. The largest absolute Gasteiger partial charge is 0.462 e. The fraction of sp³-hybridized carbons (Fsp3) is 0.429. The Morgan fingerprint density at radius 3 is 2.33 bits per heavy atom. The van der Waals surface area contributed by atoms with Crippen molar-refractivity contribution in [1.82, 2.24) is 14.7 Å². The molecule has 0 aromatic heterocycles. The molecule has 0 radical (unpaired) electrons. The van der Waals surface area contributed by atoms with Crippen LogP contribution in [0.15, 0.2) is 48.5 Å². The number of nitrogens with one attached hydrogen (secondary N) is 1. The minimum absolute atomic E-state index is 0.0285. The number of esters is 1. The Morgan fingerprint density at radius 1 is 1.03 bits per heavy atom. The standard InChI is InChI=1S/C28H34FN5O4S/c1-3-38-27(37)20-5-9-22(10-6-20)30-25(35)19-24-26(36)31(2)28(39)34(24)14-4-13-32-15-17-33(18-16-32)23-11-7-21(29)8-12-23/h5-12,24H,3-4,13-19H2,1-2H3,(H,30,35)/t24-/m1/s1. The van der Waals surface area contributed by atoms with Crippen molar-refractivity contribution in [2.24, 2.45) is 0 Å². The summed E-state index contributed by atoms with van der Waals surface area (Å²) in [5.74, 6) is -1.16. The fourth-order valence-electron chi connectivity index (χ4n) is 4.86. The molecular weight excluding hydrogens is 521 g/mol. The van der Waals surface area contributed by atoms with E-state index in [4.69, 9.17) is 17.0 Å². The van der Waals surface area contributed by atoms with Gasteiger partial charge in [-0.3, -0.25) is 19.4 Å². The number of piperazine rings is 1. The smallest absolute Gasteiger partial charge is 0.338 e. The van der Waals surface area contributed by atoms with Gasteiger partial charge in [-0.05, 0) is 80.6 Å². The average Bonchev–Trinajstić information content (AvgIpc) is 3.13. The average molecular weight is 556 g/mol. The number of nitrogens with zero attached hydrogens (tertiary/aromatic N) is 4. The maximum absolute atomic E-state index is 13.2. The SMILES string of the molecule is CCOC(=O)c1ccc(NC(=O)C[C@@H]2C(=O)N(C)C(=S)N2CCCN2CCN(c3ccc(F)cc3)CC2)cc1. The van der Waals surface area contributed by atoms with Crippen LogP contribution in [0.5, 0.6) is 0 Å². The number of amides is 2. The number of carbonyl (C=O) groups excluding carboxylic acids is 3. The molecule has 2 aliphatic rings. The van der Waals surface area contributed by atoms with Gasteiger partial charge in [0.1, 0.15) is 11.9 Å². The third-order valence-corrected chi connectivity index (χ3v) is 7.53. The molecule has 11 heteroatoms. The Hall–Kier alpha value is -3.57. The van der Waals surface area contributed by atoms with E-state index in [9.17, 15) is 18.8 Å². The van der Waals surface area contributed by atoms with Gasteiger partial charge in [0, 0.05) is 51.1 Å². The van der Waals surface area contributed by atoms with E-state index in [1.807, 2.05) is 17.0 Å². The summed E-state index contributed by atoms with van der Waals surface area (Å²) < 4.78 is 18.2. The molecule has 1 N–H and O–H groups in total. The van der Waals surface area contributed by atoms with Crippen molar-refractivity contribution in [2.45, 2.75) is 25.8 Å². The van der Waals surface area contributed by atoms with E-state index in [-0.39, 0.29) is 30.7 Å². The summed E-state index contributed by atoms with van der Waals surface area (Å²) in [5.41, 5.74) is 1.95. The maximum Gasteiger partial charge on any atom is 0.338 e. The number of hydrogen-bond acceptors (Lipinski definition) is 7. The highest BCUT2D eigenvalue weighted by atomic mass is 32.1. The molecule has 0 unspecified atom stereocenters. The molecular formula is C28H34FN5O4S. The highest BCUT2D eigenvalue weighted by Gasteiger charge is 2.41. The Balaban J connectivity index is 1.26. The Bertz CT molecular complexity index is 1190. The first-order valence-electron chi connectivity index (χ1n) is 13.1. The first kappa shape index (κ1) is 28.4. The molecule has 4 rings (SSSR count). The second kappa shape index (κ2) is 13.0. The lowest BCUT2D eigenvalue weighted by atomic mass is 10.1. The van der Waals surface area contributed by atoms with E-state index in [1.165, 1.54) is 17.0 Å². The van der Waals surface area contributed by atoms with Crippen LogP contribution in [-0.4, -0.2) is 96.6 Å². The van der Waals surface area contributed by atoms with Gasteiger partial charge >= 0.3 is 5.97 Å². The van der Waals surface area contributed by atoms with E-state index in [1.54, 1.807) is 38.2 Å².